The molecule has 1 fully saturated rings. The van der Waals surface area contributed by atoms with Crippen molar-refractivity contribution in [3.05, 3.63) is 38.8 Å². The first-order chi connectivity index (χ1) is 11.0. The SMILES string of the molecule is O=S(=O)(c1ccc(Cl)cc1)N1CCN(Cn2ncsc2=S)CC1. The second-order valence-corrected chi connectivity index (χ2v) is 8.97. The summed E-state index contributed by atoms with van der Waals surface area (Å²) in [6.07, 6.45) is 0. The minimum absolute atomic E-state index is 0.275. The Morgan fingerprint density at radius 1 is 1.17 bits per heavy atom. The van der Waals surface area contributed by atoms with Gasteiger partial charge in [0.15, 0.2) is 3.95 Å². The average molecular weight is 391 g/mol. The van der Waals surface area contributed by atoms with Gasteiger partial charge in [0.25, 0.3) is 0 Å². The van der Waals surface area contributed by atoms with Gasteiger partial charge in [-0.2, -0.15) is 9.40 Å². The molecule has 0 amide bonds. The van der Waals surface area contributed by atoms with E-state index in [-0.39, 0.29) is 4.90 Å². The van der Waals surface area contributed by atoms with Gasteiger partial charge in [-0.25, -0.2) is 13.1 Å². The van der Waals surface area contributed by atoms with Crippen molar-refractivity contribution in [1.82, 2.24) is 19.0 Å². The summed E-state index contributed by atoms with van der Waals surface area (Å²) in [5, 5.41) is 4.70. The van der Waals surface area contributed by atoms with Crippen LogP contribution in [-0.4, -0.2) is 53.6 Å². The molecule has 1 aromatic carbocycles. The molecule has 0 aliphatic carbocycles. The largest absolute Gasteiger partial charge is 0.282 e. The Balaban J connectivity index is 1.65. The molecule has 0 atom stereocenters. The molecule has 0 saturated carbocycles. The van der Waals surface area contributed by atoms with Crippen LogP contribution in [0.4, 0.5) is 0 Å². The second kappa shape index (κ2) is 6.96. The van der Waals surface area contributed by atoms with Crippen LogP contribution in [0.2, 0.25) is 5.02 Å². The highest BCUT2D eigenvalue weighted by Crippen LogP contribution is 2.20. The Bertz CT molecular complexity index is 823. The topological polar surface area (TPSA) is 58.4 Å². The average Bonchev–Trinajstić information content (AvgIpc) is 2.93. The summed E-state index contributed by atoms with van der Waals surface area (Å²) in [4.78, 5) is 2.42. The Labute approximate surface area is 149 Å². The molecule has 0 unspecified atom stereocenters. The summed E-state index contributed by atoms with van der Waals surface area (Å²) >= 11 is 12.4. The van der Waals surface area contributed by atoms with Crippen molar-refractivity contribution in [3.8, 4) is 0 Å². The quantitative estimate of drug-likeness (QED) is 0.749. The molecule has 124 valence electrons. The standard InChI is InChI=1S/C13H15ClN4O2S3/c14-11-1-3-12(4-2-11)23(19,20)17-7-5-16(6-8-17)10-18-13(21)22-9-15-18/h1-4,9H,5-8,10H2. The van der Waals surface area contributed by atoms with Gasteiger partial charge in [0.2, 0.25) is 10.0 Å². The third-order valence-corrected chi connectivity index (χ3v) is 6.94. The third kappa shape index (κ3) is 3.81. The zero-order valence-corrected chi connectivity index (χ0v) is 15.3. The van der Waals surface area contributed by atoms with Crippen LogP contribution in [0.3, 0.4) is 0 Å². The van der Waals surface area contributed by atoms with Gasteiger partial charge < -0.3 is 0 Å². The van der Waals surface area contributed by atoms with Crippen LogP contribution in [0.25, 0.3) is 0 Å². The highest BCUT2D eigenvalue weighted by atomic mass is 35.5. The maximum absolute atomic E-state index is 12.6. The summed E-state index contributed by atoms with van der Waals surface area (Å²) < 4.78 is 29.2. The van der Waals surface area contributed by atoms with E-state index in [1.165, 1.54) is 15.6 Å². The summed E-state index contributed by atoms with van der Waals surface area (Å²) in [6, 6.07) is 6.26. The fourth-order valence-electron chi connectivity index (χ4n) is 2.38. The highest BCUT2D eigenvalue weighted by Gasteiger charge is 2.28. The second-order valence-electron chi connectivity index (χ2n) is 5.12. The molecule has 0 radical (unpaired) electrons. The molecular formula is C13H15ClN4O2S3. The molecule has 1 aliphatic rings. The van der Waals surface area contributed by atoms with Crippen LogP contribution in [0.1, 0.15) is 0 Å². The smallest absolute Gasteiger partial charge is 0.243 e. The number of hydrogen-bond acceptors (Lipinski definition) is 6. The first kappa shape index (κ1) is 17.0. The molecule has 2 aromatic rings. The maximum atomic E-state index is 12.6. The van der Waals surface area contributed by atoms with Crippen molar-refractivity contribution >= 4 is 45.2 Å². The van der Waals surface area contributed by atoms with E-state index in [1.54, 1.807) is 34.5 Å². The predicted molar refractivity (Wildman–Crippen MR) is 92.7 cm³/mol. The van der Waals surface area contributed by atoms with E-state index in [9.17, 15) is 8.42 Å². The molecule has 1 aromatic heterocycles. The van der Waals surface area contributed by atoms with Gasteiger partial charge in [0.05, 0.1) is 11.6 Å². The van der Waals surface area contributed by atoms with Gasteiger partial charge in [0.1, 0.15) is 5.51 Å². The number of halogens is 1. The van der Waals surface area contributed by atoms with Gasteiger partial charge in [0, 0.05) is 31.2 Å². The highest BCUT2D eigenvalue weighted by molar-refractivity contribution is 7.89. The van der Waals surface area contributed by atoms with E-state index in [1.807, 2.05) is 0 Å². The van der Waals surface area contributed by atoms with E-state index < -0.39 is 10.0 Å². The Morgan fingerprint density at radius 2 is 1.83 bits per heavy atom. The number of rotatable bonds is 4. The zero-order chi connectivity index (χ0) is 16.4. The van der Waals surface area contributed by atoms with Gasteiger partial charge in [-0.05, 0) is 36.5 Å². The number of hydrogen-bond donors (Lipinski definition) is 0. The third-order valence-electron chi connectivity index (χ3n) is 3.67. The van der Waals surface area contributed by atoms with E-state index in [2.05, 4.69) is 10.00 Å². The summed E-state index contributed by atoms with van der Waals surface area (Å²) in [6.45, 7) is 2.78. The number of aromatic nitrogens is 2. The van der Waals surface area contributed by atoms with E-state index in [0.717, 1.165) is 3.95 Å². The van der Waals surface area contributed by atoms with Gasteiger partial charge in [-0.1, -0.05) is 22.9 Å². The number of nitrogens with zero attached hydrogens (tertiary/aromatic N) is 4. The first-order valence-corrected chi connectivity index (χ1v) is 10.1. The van der Waals surface area contributed by atoms with Crippen molar-refractivity contribution < 1.29 is 8.42 Å². The molecule has 0 bridgehead atoms. The van der Waals surface area contributed by atoms with Crippen LogP contribution in [0.15, 0.2) is 34.7 Å². The Morgan fingerprint density at radius 3 is 2.39 bits per heavy atom. The summed E-state index contributed by atoms with van der Waals surface area (Å²) in [5.74, 6) is 0. The van der Waals surface area contributed by atoms with E-state index in [4.69, 9.17) is 23.8 Å². The molecule has 23 heavy (non-hydrogen) atoms. The van der Waals surface area contributed by atoms with Gasteiger partial charge >= 0.3 is 0 Å². The lowest BCUT2D eigenvalue weighted by Crippen LogP contribution is -2.48. The number of piperazine rings is 1. The molecule has 1 aliphatic heterocycles. The summed E-state index contributed by atoms with van der Waals surface area (Å²) in [7, 11) is -3.47. The van der Waals surface area contributed by atoms with Crippen LogP contribution >= 0.6 is 35.2 Å². The normalized spacial score (nSPS) is 17.4. The molecule has 1 saturated heterocycles. The van der Waals surface area contributed by atoms with Gasteiger partial charge in [-0.15, -0.1) is 0 Å². The lowest BCUT2D eigenvalue weighted by atomic mass is 10.4. The number of sulfonamides is 1. The van der Waals surface area contributed by atoms with E-state index >= 15 is 0 Å². The van der Waals surface area contributed by atoms with Crippen LogP contribution in [0, 0.1) is 3.95 Å². The van der Waals surface area contributed by atoms with E-state index in [0.29, 0.717) is 37.9 Å². The van der Waals surface area contributed by atoms with Crippen molar-refractivity contribution in [2.24, 2.45) is 0 Å². The molecule has 6 nitrogen and oxygen atoms in total. The molecule has 0 spiro atoms. The van der Waals surface area contributed by atoms with Crippen molar-refractivity contribution in [2.45, 2.75) is 11.6 Å². The fraction of sp³-hybridized carbons (Fsp3) is 0.385. The summed E-state index contributed by atoms with van der Waals surface area (Å²) in [5.41, 5.74) is 1.71. The molecule has 3 rings (SSSR count). The lowest BCUT2D eigenvalue weighted by molar-refractivity contribution is 0.145. The van der Waals surface area contributed by atoms with Crippen LogP contribution < -0.4 is 0 Å². The Kier molecular flexibility index (Phi) is 5.14. The van der Waals surface area contributed by atoms with Crippen LogP contribution in [-0.2, 0) is 16.7 Å². The molecule has 2 heterocycles. The fourth-order valence-corrected chi connectivity index (χ4v) is 4.64. The molecule has 0 N–H and O–H groups in total. The predicted octanol–water partition coefficient (Wildman–Crippen LogP) is 2.29. The molecular weight excluding hydrogens is 376 g/mol. The monoisotopic (exact) mass is 390 g/mol. The van der Waals surface area contributed by atoms with Crippen LogP contribution in [0.5, 0.6) is 0 Å². The minimum atomic E-state index is -3.47. The van der Waals surface area contributed by atoms with Gasteiger partial charge in [-0.3, -0.25) is 4.90 Å². The van der Waals surface area contributed by atoms with Crippen molar-refractivity contribution in [1.29, 1.82) is 0 Å². The number of benzene rings is 1. The zero-order valence-electron chi connectivity index (χ0n) is 12.1. The lowest BCUT2D eigenvalue weighted by Gasteiger charge is -2.33. The minimum Gasteiger partial charge on any atom is -0.282 e. The Hall–Kier alpha value is -0.840. The molecule has 10 heteroatoms. The van der Waals surface area contributed by atoms with Crippen molar-refractivity contribution in [2.75, 3.05) is 26.2 Å². The van der Waals surface area contributed by atoms with Crippen molar-refractivity contribution in [3.63, 3.8) is 0 Å². The maximum Gasteiger partial charge on any atom is 0.243 e. The first-order valence-electron chi connectivity index (χ1n) is 6.95.